The van der Waals surface area contributed by atoms with Crippen LogP contribution in [0.4, 0.5) is 13.2 Å². The summed E-state index contributed by atoms with van der Waals surface area (Å²) in [5, 5.41) is 14.2. The number of pyridine rings is 1. The molecule has 8 nitrogen and oxygen atoms in total. The predicted molar refractivity (Wildman–Crippen MR) is 103 cm³/mol. The number of halogens is 3. The van der Waals surface area contributed by atoms with Crippen molar-refractivity contribution < 1.29 is 32.5 Å². The number of H-pyrrole nitrogens is 1. The number of alkyl halides is 3. The van der Waals surface area contributed by atoms with Crippen LogP contribution in [0, 0.1) is 0 Å². The number of nitrogens with one attached hydrogen (secondary N) is 1. The highest BCUT2D eigenvalue weighted by molar-refractivity contribution is 5.73. The lowest BCUT2D eigenvalue weighted by Crippen LogP contribution is -2.44. The highest BCUT2D eigenvalue weighted by Gasteiger charge is 2.43. The molecule has 170 valence electrons. The van der Waals surface area contributed by atoms with E-state index in [1.807, 2.05) is 30.6 Å². The fourth-order valence-corrected chi connectivity index (χ4v) is 3.69. The summed E-state index contributed by atoms with van der Waals surface area (Å²) in [5.74, 6) is -2.76. The Hall–Kier alpha value is -2.50. The van der Waals surface area contributed by atoms with Crippen LogP contribution in [0.3, 0.4) is 0 Å². The van der Waals surface area contributed by atoms with Crippen molar-refractivity contribution in [2.75, 3.05) is 19.7 Å². The van der Waals surface area contributed by atoms with Gasteiger partial charge in [0.2, 0.25) is 0 Å². The zero-order chi connectivity index (χ0) is 22.3. The summed E-state index contributed by atoms with van der Waals surface area (Å²) < 4.78 is 44.0. The maximum absolute atomic E-state index is 10.6. The highest BCUT2D eigenvalue weighted by atomic mass is 19.4. The molecule has 0 amide bonds. The summed E-state index contributed by atoms with van der Waals surface area (Å²) in [4.78, 5) is 15.5. The number of aromatic nitrogens is 3. The molecule has 31 heavy (non-hydrogen) atoms. The van der Waals surface area contributed by atoms with Crippen LogP contribution in [0.15, 0.2) is 36.8 Å². The van der Waals surface area contributed by atoms with Crippen LogP contribution in [0.25, 0.3) is 0 Å². The van der Waals surface area contributed by atoms with Crippen LogP contribution in [0.1, 0.15) is 30.5 Å². The van der Waals surface area contributed by atoms with E-state index in [1.54, 1.807) is 6.20 Å². The lowest BCUT2D eigenvalue weighted by molar-refractivity contribution is -0.192. The minimum atomic E-state index is -5.08. The summed E-state index contributed by atoms with van der Waals surface area (Å²) in [6.45, 7) is 4.39. The first-order chi connectivity index (χ1) is 14.8. The molecule has 2 N–H and O–H groups in total. The minimum absolute atomic E-state index is 0.0179. The van der Waals surface area contributed by atoms with Crippen LogP contribution >= 0.6 is 0 Å². The van der Waals surface area contributed by atoms with Gasteiger partial charge in [0, 0.05) is 50.3 Å². The second-order valence-corrected chi connectivity index (χ2v) is 7.65. The molecule has 0 bridgehead atoms. The van der Waals surface area contributed by atoms with Crippen molar-refractivity contribution in [1.29, 1.82) is 0 Å². The van der Waals surface area contributed by atoms with E-state index in [1.165, 1.54) is 5.69 Å². The SMILES string of the molecule is O=C(O)C(F)(F)F.c1cncc(COC2COC3(CCN(Cc4ccn[nH]4)CC3)C2)c1. The fourth-order valence-electron chi connectivity index (χ4n) is 3.69. The summed E-state index contributed by atoms with van der Waals surface area (Å²) in [6.07, 6.45) is 3.73. The third-order valence-corrected chi connectivity index (χ3v) is 5.35. The molecule has 2 aliphatic heterocycles. The van der Waals surface area contributed by atoms with E-state index >= 15 is 0 Å². The summed E-state index contributed by atoms with van der Waals surface area (Å²) >= 11 is 0. The molecule has 4 heterocycles. The maximum Gasteiger partial charge on any atom is 0.490 e. The molecule has 1 unspecified atom stereocenters. The Bertz CT molecular complexity index is 810. The average molecular weight is 442 g/mol. The monoisotopic (exact) mass is 442 g/mol. The van der Waals surface area contributed by atoms with Crippen LogP contribution in [0.5, 0.6) is 0 Å². The normalized spacial score (nSPS) is 20.9. The van der Waals surface area contributed by atoms with Gasteiger partial charge in [0.25, 0.3) is 0 Å². The summed E-state index contributed by atoms with van der Waals surface area (Å²) in [5.41, 5.74) is 2.31. The zero-order valence-electron chi connectivity index (χ0n) is 16.8. The summed E-state index contributed by atoms with van der Waals surface area (Å²) in [7, 11) is 0. The molecule has 0 saturated carbocycles. The average Bonchev–Trinajstić information content (AvgIpc) is 3.39. The van der Waals surface area contributed by atoms with E-state index < -0.39 is 12.1 Å². The van der Waals surface area contributed by atoms with Gasteiger partial charge < -0.3 is 14.6 Å². The van der Waals surface area contributed by atoms with Crippen LogP contribution in [-0.2, 0) is 27.4 Å². The van der Waals surface area contributed by atoms with Crippen LogP contribution < -0.4 is 0 Å². The number of rotatable bonds is 5. The number of likely N-dealkylation sites (tertiary alicyclic amines) is 1. The first-order valence-corrected chi connectivity index (χ1v) is 9.91. The van der Waals surface area contributed by atoms with Crippen molar-refractivity contribution in [3.05, 3.63) is 48.0 Å². The van der Waals surface area contributed by atoms with Gasteiger partial charge in [0.1, 0.15) is 0 Å². The highest BCUT2D eigenvalue weighted by Crippen LogP contribution is 2.37. The summed E-state index contributed by atoms with van der Waals surface area (Å²) in [6, 6.07) is 6.03. The molecule has 2 saturated heterocycles. The van der Waals surface area contributed by atoms with E-state index in [0.29, 0.717) is 13.2 Å². The number of hydrogen-bond donors (Lipinski definition) is 2. The van der Waals surface area contributed by atoms with Gasteiger partial charge in [-0.3, -0.25) is 15.0 Å². The van der Waals surface area contributed by atoms with Crippen molar-refractivity contribution in [3.63, 3.8) is 0 Å². The number of carboxylic acids is 1. The molecule has 0 aliphatic carbocycles. The third-order valence-electron chi connectivity index (χ3n) is 5.35. The van der Waals surface area contributed by atoms with E-state index in [4.69, 9.17) is 19.4 Å². The van der Waals surface area contributed by atoms with Crippen LogP contribution in [0.2, 0.25) is 0 Å². The third kappa shape index (κ3) is 7.01. The smallest absolute Gasteiger partial charge is 0.475 e. The standard InChI is InChI=1S/C18H24N4O2.C2HF3O2/c1-2-15(11-19-6-1)13-23-17-10-18(24-14-17)4-8-22(9-5-18)12-16-3-7-20-21-16;3-2(4,5)1(6)7/h1-3,6-7,11,17H,4-5,8-10,12-14H2,(H,20,21);(H,6,7). The molecule has 2 aromatic rings. The van der Waals surface area contributed by atoms with E-state index in [9.17, 15) is 13.2 Å². The molecule has 1 spiro atoms. The van der Waals surface area contributed by atoms with Gasteiger partial charge in [0.15, 0.2) is 0 Å². The lowest BCUT2D eigenvalue weighted by atomic mass is 9.88. The molecular formula is C20H25F3N4O4. The van der Waals surface area contributed by atoms with Crippen molar-refractivity contribution in [2.45, 2.75) is 50.3 Å². The zero-order valence-corrected chi connectivity index (χ0v) is 16.8. The number of ether oxygens (including phenoxy) is 2. The first-order valence-electron chi connectivity index (χ1n) is 9.91. The van der Waals surface area contributed by atoms with Gasteiger partial charge in [-0.2, -0.15) is 18.3 Å². The lowest BCUT2D eigenvalue weighted by Gasteiger charge is -2.38. The molecule has 4 rings (SSSR count). The second kappa shape index (κ2) is 10.2. The van der Waals surface area contributed by atoms with E-state index in [-0.39, 0.29) is 11.7 Å². The van der Waals surface area contributed by atoms with Crippen molar-refractivity contribution in [2.24, 2.45) is 0 Å². The number of aromatic amines is 1. The van der Waals surface area contributed by atoms with E-state index in [0.717, 1.165) is 44.5 Å². The molecule has 1 atom stereocenters. The molecule has 0 radical (unpaired) electrons. The van der Waals surface area contributed by atoms with Crippen molar-refractivity contribution in [1.82, 2.24) is 20.1 Å². The maximum atomic E-state index is 10.6. The number of piperidine rings is 1. The quantitative estimate of drug-likeness (QED) is 0.734. The fraction of sp³-hybridized carbons (Fsp3) is 0.550. The van der Waals surface area contributed by atoms with E-state index in [2.05, 4.69) is 20.1 Å². The topological polar surface area (TPSA) is 101 Å². The molecule has 11 heteroatoms. The number of hydrogen-bond acceptors (Lipinski definition) is 6. The van der Waals surface area contributed by atoms with Gasteiger partial charge in [0.05, 0.1) is 24.9 Å². The molecule has 2 fully saturated rings. The second-order valence-electron chi connectivity index (χ2n) is 7.65. The molecule has 0 aromatic carbocycles. The number of nitrogens with zero attached hydrogens (tertiary/aromatic N) is 3. The Morgan fingerprint density at radius 1 is 1.32 bits per heavy atom. The van der Waals surface area contributed by atoms with Gasteiger partial charge >= 0.3 is 12.1 Å². The van der Waals surface area contributed by atoms with Crippen molar-refractivity contribution in [3.8, 4) is 0 Å². The molecule has 2 aliphatic rings. The van der Waals surface area contributed by atoms with Gasteiger partial charge in [-0.15, -0.1) is 0 Å². The Kier molecular flexibility index (Phi) is 7.63. The Morgan fingerprint density at radius 3 is 2.65 bits per heavy atom. The van der Waals surface area contributed by atoms with Gasteiger partial charge in [-0.05, 0) is 30.5 Å². The van der Waals surface area contributed by atoms with Gasteiger partial charge in [-0.25, -0.2) is 4.79 Å². The Morgan fingerprint density at radius 2 is 2.06 bits per heavy atom. The Labute approximate surface area is 177 Å². The Balaban J connectivity index is 0.000000339. The van der Waals surface area contributed by atoms with Crippen molar-refractivity contribution >= 4 is 5.97 Å². The minimum Gasteiger partial charge on any atom is -0.475 e. The first kappa shape index (κ1) is 23.2. The number of carbonyl (C=O) groups is 1. The molecular weight excluding hydrogens is 417 g/mol. The van der Waals surface area contributed by atoms with Crippen LogP contribution in [-0.4, -0.2) is 68.7 Å². The largest absolute Gasteiger partial charge is 0.490 e. The number of aliphatic carboxylic acids is 1. The molecule has 2 aromatic heterocycles. The predicted octanol–water partition coefficient (Wildman–Crippen LogP) is 2.78. The number of carboxylic acid groups (broad SMARTS) is 1. The van der Waals surface area contributed by atoms with Gasteiger partial charge in [-0.1, -0.05) is 6.07 Å².